The number of rotatable bonds is 6. The molecule has 7 heteroatoms. The van der Waals surface area contributed by atoms with E-state index in [1.807, 2.05) is 6.92 Å². The Morgan fingerprint density at radius 2 is 2.47 bits per heavy atom. The molecule has 1 aromatic rings. The van der Waals surface area contributed by atoms with Crippen LogP contribution >= 0.6 is 11.8 Å². The van der Waals surface area contributed by atoms with Crippen molar-refractivity contribution in [1.82, 2.24) is 10.1 Å². The first-order valence-corrected chi connectivity index (χ1v) is 5.66. The minimum absolute atomic E-state index is 0.339. The highest BCUT2D eigenvalue weighted by atomic mass is 32.2. The molecule has 0 aromatic carbocycles. The third-order valence-electron chi connectivity index (χ3n) is 1.66. The van der Waals surface area contributed by atoms with Crippen molar-refractivity contribution >= 4 is 17.7 Å². The fourth-order valence-electron chi connectivity index (χ4n) is 0.841. The minimum atomic E-state index is -0.996. The Balaban J connectivity index is 2.28. The van der Waals surface area contributed by atoms with Crippen molar-refractivity contribution in [2.45, 2.75) is 25.1 Å². The average molecular weight is 231 g/mol. The molecule has 15 heavy (non-hydrogen) atoms. The van der Waals surface area contributed by atoms with E-state index in [-0.39, 0.29) is 0 Å². The third kappa shape index (κ3) is 3.88. The molecule has 6 nitrogen and oxygen atoms in total. The quantitative estimate of drug-likeness (QED) is 0.724. The molecular formula is C8H13N3O3S. The normalized spacial score (nSPS) is 12.7. The van der Waals surface area contributed by atoms with E-state index >= 15 is 0 Å². The lowest BCUT2D eigenvalue weighted by Crippen LogP contribution is -2.32. The lowest BCUT2D eigenvalue weighted by Gasteiger charge is -2.03. The number of nitrogens with zero attached hydrogens (tertiary/aromatic N) is 2. The summed E-state index contributed by atoms with van der Waals surface area (Å²) in [5.41, 5.74) is 5.33. The number of carboxylic acid groups (broad SMARTS) is 1. The molecule has 1 rings (SSSR count). The van der Waals surface area contributed by atoms with Crippen LogP contribution in [0.15, 0.2) is 4.52 Å². The lowest BCUT2D eigenvalue weighted by atomic mass is 10.4. The number of hydrogen-bond donors (Lipinski definition) is 2. The Labute approximate surface area is 91.2 Å². The van der Waals surface area contributed by atoms with Gasteiger partial charge in [0, 0.05) is 12.2 Å². The van der Waals surface area contributed by atoms with Crippen molar-refractivity contribution in [2.75, 3.05) is 5.75 Å². The number of thioether (sulfide) groups is 1. The molecule has 1 aromatic heterocycles. The zero-order valence-electron chi connectivity index (χ0n) is 8.34. The Bertz CT molecular complexity index is 329. The van der Waals surface area contributed by atoms with E-state index in [1.54, 1.807) is 0 Å². The maximum Gasteiger partial charge on any atom is 0.321 e. The van der Waals surface area contributed by atoms with Crippen LogP contribution in [0.2, 0.25) is 0 Å². The van der Waals surface area contributed by atoms with Crippen molar-refractivity contribution in [2.24, 2.45) is 5.73 Å². The van der Waals surface area contributed by atoms with E-state index in [9.17, 15) is 4.79 Å². The van der Waals surface area contributed by atoms with Gasteiger partial charge in [0.05, 0.1) is 5.75 Å². The van der Waals surface area contributed by atoms with Gasteiger partial charge in [-0.1, -0.05) is 12.1 Å². The van der Waals surface area contributed by atoms with E-state index in [2.05, 4.69) is 10.1 Å². The van der Waals surface area contributed by atoms with Gasteiger partial charge in [0.15, 0.2) is 5.82 Å². The molecule has 84 valence electrons. The van der Waals surface area contributed by atoms with Gasteiger partial charge < -0.3 is 15.4 Å². The van der Waals surface area contributed by atoms with Gasteiger partial charge in [-0.05, 0) is 0 Å². The average Bonchev–Trinajstić information content (AvgIpc) is 2.65. The molecule has 0 radical (unpaired) electrons. The summed E-state index contributed by atoms with van der Waals surface area (Å²) in [5.74, 6) is 1.03. The second kappa shape index (κ2) is 5.72. The summed E-state index contributed by atoms with van der Waals surface area (Å²) in [6, 6.07) is -0.840. The van der Waals surface area contributed by atoms with E-state index in [0.29, 0.717) is 29.6 Å². The summed E-state index contributed by atoms with van der Waals surface area (Å²) in [4.78, 5) is 14.5. The number of aliphatic carboxylic acids is 1. The lowest BCUT2D eigenvalue weighted by molar-refractivity contribution is -0.137. The van der Waals surface area contributed by atoms with Gasteiger partial charge in [-0.3, -0.25) is 4.79 Å². The van der Waals surface area contributed by atoms with Crippen LogP contribution in [-0.4, -0.2) is 33.0 Å². The van der Waals surface area contributed by atoms with Crippen LogP contribution in [0.3, 0.4) is 0 Å². The van der Waals surface area contributed by atoms with E-state index < -0.39 is 12.0 Å². The zero-order valence-corrected chi connectivity index (χ0v) is 9.16. The summed E-state index contributed by atoms with van der Waals surface area (Å²) in [6.07, 6.45) is 0.701. The van der Waals surface area contributed by atoms with Crippen LogP contribution in [0.25, 0.3) is 0 Å². The van der Waals surface area contributed by atoms with Gasteiger partial charge in [0.25, 0.3) is 0 Å². The summed E-state index contributed by atoms with van der Waals surface area (Å²) >= 11 is 1.38. The second-order valence-corrected chi connectivity index (χ2v) is 3.95. The molecule has 0 aliphatic heterocycles. The van der Waals surface area contributed by atoms with Crippen molar-refractivity contribution in [3.63, 3.8) is 0 Å². The molecule has 0 bridgehead atoms. The summed E-state index contributed by atoms with van der Waals surface area (Å²) < 4.78 is 4.90. The molecule has 0 fully saturated rings. The van der Waals surface area contributed by atoms with Gasteiger partial charge in [-0.25, -0.2) is 0 Å². The molecule has 0 saturated carbocycles. The molecule has 0 saturated heterocycles. The van der Waals surface area contributed by atoms with Crippen LogP contribution < -0.4 is 5.73 Å². The van der Waals surface area contributed by atoms with Gasteiger partial charge in [-0.15, -0.1) is 0 Å². The number of hydrogen-bond acceptors (Lipinski definition) is 6. The number of aryl methyl sites for hydroxylation is 1. The van der Waals surface area contributed by atoms with Gasteiger partial charge in [0.1, 0.15) is 6.04 Å². The SMILES string of the molecule is CCc1nc(CSCC(N)C(=O)O)no1. The molecule has 1 heterocycles. The third-order valence-corrected chi connectivity index (χ3v) is 2.72. The predicted octanol–water partition coefficient (Wildman–Crippen LogP) is 0.277. The summed E-state index contributed by atoms with van der Waals surface area (Å²) in [6.45, 7) is 1.92. The zero-order chi connectivity index (χ0) is 11.3. The topological polar surface area (TPSA) is 102 Å². The van der Waals surface area contributed by atoms with Crippen molar-refractivity contribution in [3.8, 4) is 0 Å². The molecule has 1 atom stereocenters. The van der Waals surface area contributed by atoms with Crippen molar-refractivity contribution in [3.05, 3.63) is 11.7 Å². The second-order valence-electron chi connectivity index (χ2n) is 2.92. The van der Waals surface area contributed by atoms with E-state index in [0.717, 1.165) is 0 Å². The number of aromatic nitrogens is 2. The van der Waals surface area contributed by atoms with Crippen LogP contribution in [0.5, 0.6) is 0 Å². The molecular weight excluding hydrogens is 218 g/mol. The fourth-order valence-corrected chi connectivity index (χ4v) is 1.66. The Kier molecular flexibility index (Phi) is 4.57. The highest BCUT2D eigenvalue weighted by Gasteiger charge is 2.12. The summed E-state index contributed by atoms with van der Waals surface area (Å²) in [7, 11) is 0. The van der Waals surface area contributed by atoms with Crippen LogP contribution in [0.4, 0.5) is 0 Å². The summed E-state index contributed by atoms with van der Waals surface area (Å²) in [5, 5.41) is 12.3. The number of nitrogens with two attached hydrogens (primary N) is 1. The van der Waals surface area contributed by atoms with Crippen LogP contribution in [-0.2, 0) is 17.0 Å². The van der Waals surface area contributed by atoms with Gasteiger partial charge in [0.2, 0.25) is 5.89 Å². The first-order chi connectivity index (χ1) is 7.13. The molecule has 3 N–H and O–H groups in total. The van der Waals surface area contributed by atoms with E-state index in [1.165, 1.54) is 11.8 Å². The smallest absolute Gasteiger partial charge is 0.321 e. The van der Waals surface area contributed by atoms with Gasteiger partial charge in [-0.2, -0.15) is 16.7 Å². The monoisotopic (exact) mass is 231 g/mol. The molecule has 0 spiro atoms. The maximum absolute atomic E-state index is 10.4. The first-order valence-electron chi connectivity index (χ1n) is 4.51. The van der Waals surface area contributed by atoms with Gasteiger partial charge >= 0.3 is 5.97 Å². The van der Waals surface area contributed by atoms with Crippen molar-refractivity contribution < 1.29 is 14.4 Å². The molecule has 0 aliphatic carbocycles. The first kappa shape index (κ1) is 12.0. The number of carbonyl (C=O) groups is 1. The maximum atomic E-state index is 10.4. The minimum Gasteiger partial charge on any atom is -0.480 e. The Morgan fingerprint density at radius 1 is 1.73 bits per heavy atom. The van der Waals surface area contributed by atoms with Crippen molar-refractivity contribution in [1.29, 1.82) is 0 Å². The highest BCUT2D eigenvalue weighted by molar-refractivity contribution is 7.98. The Hall–Kier alpha value is -1.08. The fraction of sp³-hybridized carbons (Fsp3) is 0.625. The van der Waals surface area contributed by atoms with Crippen LogP contribution in [0, 0.1) is 0 Å². The highest BCUT2D eigenvalue weighted by Crippen LogP contribution is 2.10. The molecule has 1 unspecified atom stereocenters. The number of carboxylic acids is 1. The predicted molar refractivity (Wildman–Crippen MR) is 55.4 cm³/mol. The largest absolute Gasteiger partial charge is 0.480 e. The molecule has 0 aliphatic rings. The Morgan fingerprint density at radius 3 is 3.00 bits per heavy atom. The molecule has 0 amide bonds. The standard InChI is InChI=1S/C8H13N3O3S/c1-2-7-10-6(11-14-7)4-15-3-5(9)8(12)13/h5H,2-4,9H2,1H3,(H,12,13). The van der Waals surface area contributed by atoms with E-state index in [4.69, 9.17) is 15.4 Å². The van der Waals surface area contributed by atoms with Crippen LogP contribution in [0.1, 0.15) is 18.6 Å².